The Hall–Kier alpha value is -2.02. The Kier molecular flexibility index (Phi) is 5.66. The van der Waals surface area contributed by atoms with Crippen LogP contribution < -0.4 is 5.32 Å². The molecule has 0 bridgehead atoms. The van der Waals surface area contributed by atoms with E-state index in [2.05, 4.69) is 32.7 Å². The van der Waals surface area contributed by atoms with Gasteiger partial charge in [-0.15, -0.1) is 11.3 Å². The van der Waals surface area contributed by atoms with Gasteiger partial charge in [-0.2, -0.15) is 11.3 Å². The first-order valence-electron chi connectivity index (χ1n) is 9.32. The first-order valence-corrected chi connectivity index (χ1v) is 11.1. The molecular formula is C21H23N3OS2. The number of anilines is 1. The molecule has 27 heavy (non-hydrogen) atoms. The van der Waals surface area contributed by atoms with Crippen molar-refractivity contribution in [3.63, 3.8) is 0 Å². The Labute approximate surface area is 167 Å². The number of nitrogens with one attached hydrogen (secondary N) is 1. The molecule has 0 unspecified atom stereocenters. The molecule has 3 heterocycles. The highest BCUT2D eigenvalue weighted by atomic mass is 32.1. The van der Waals surface area contributed by atoms with E-state index in [4.69, 9.17) is 0 Å². The number of likely N-dealkylation sites (tertiary alicyclic amines) is 1. The van der Waals surface area contributed by atoms with E-state index in [0.29, 0.717) is 4.88 Å². The smallest absolute Gasteiger partial charge is 0.267 e. The van der Waals surface area contributed by atoms with Crippen LogP contribution >= 0.6 is 22.7 Å². The monoisotopic (exact) mass is 397 g/mol. The fourth-order valence-electron chi connectivity index (χ4n) is 3.43. The van der Waals surface area contributed by atoms with Gasteiger partial charge in [0.15, 0.2) is 0 Å². The van der Waals surface area contributed by atoms with Crippen LogP contribution in [0.2, 0.25) is 0 Å². The summed E-state index contributed by atoms with van der Waals surface area (Å²) < 4.78 is 0. The van der Waals surface area contributed by atoms with Crippen molar-refractivity contribution in [3.05, 3.63) is 57.2 Å². The predicted octanol–water partition coefficient (Wildman–Crippen LogP) is 5.42. The topological polar surface area (TPSA) is 45.2 Å². The van der Waals surface area contributed by atoms with Crippen molar-refractivity contribution in [2.24, 2.45) is 0 Å². The van der Waals surface area contributed by atoms with Crippen LogP contribution in [0.5, 0.6) is 0 Å². The molecule has 1 saturated heterocycles. The van der Waals surface area contributed by atoms with E-state index >= 15 is 0 Å². The Balaban J connectivity index is 1.46. The van der Waals surface area contributed by atoms with Crippen LogP contribution in [-0.2, 0) is 6.54 Å². The number of hydrogen-bond acceptors (Lipinski definition) is 5. The first kappa shape index (κ1) is 18.3. The van der Waals surface area contributed by atoms with Gasteiger partial charge in [0.2, 0.25) is 0 Å². The number of hydrogen-bond donors (Lipinski definition) is 1. The number of piperidine rings is 1. The molecule has 0 radical (unpaired) electrons. The summed E-state index contributed by atoms with van der Waals surface area (Å²) in [4.78, 5) is 20.5. The maximum Gasteiger partial charge on any atom is 0.267 e. The minimum atomic E-state index is -0.0818. The fourth-order valence-corrected chi connectivity index (χ4v) is 5.10. The van der Waals surface area contributed by atoms with Crippen molar-refractivity contribution >= 4 is 34.3 Å². The van der Waals surface area contributed by atoms with Crippen molar-refractivity contribution in [1.82, 2.24) is 9.88 Å². The maximum atomic E-state index is 12.8. The molecule has 4 rings (SSSR count). The Morgan fingerprint density at radius 2 is 2.07 bits per heavy atom. The molecule has 0 atom stereocenters. The molecule has 140 valence electrons. The molecule has 0 saturated carbocycles. The lowest BCUT2D eigenvalue weighted by Gasteiger charge is -2.26. The molecule has 1 amide bonds. The van der Waals surface area contributed by atoms with Crippen LogP contribution in [-0.4, -0.2) is 28.9 Å². The molecule has 1 aliphatic rings. The van der Waals surface area contributed by atoms with Crippen LogP contribution in [0.15, 0.2) is 41.1 Å². The van der Waals surface area contributed by atoms with Gasteiger partial charge in [0.1, 0.15) is 9.88 Å². The van der Waals surface area contributed by atoms with Crippen LogP contribution in [0.3, 0.4) is 0 Å². The van der Waals surface area contributed by atoms with Crippen molar-refractivity contribution in [1.29, 1.82) is 0 Å². The second kappa shape index (κ2) is 8.33. The SMILES string of the molecule is Cc1nc(-c2ccsc2)sc1C(=O)Nc1cccc(CN2CCCCC2)c1. The van der Waals surface area contributed by atoms with Crippen molar-refractivity contribution in [2.75, 3.05) is 18.4 Å². The Morgan fingerprint density at radius 3 is 2.85 bits per heavy atom. The van der Waals surface area contributed by atoms with Gasteiger partial charge in [-0.1, -0.05) is 18.6 Å². The van der Waals surface area contributed by atoms with Gasteiger partial charge in [-0.25, -0.2) is 4.98 Å². The van der Waals surface area contributed by atoms with Crippen LogP contribution in [0.1, 0.15) is 40.2 Å². The van der Waals surface area contributed by atoms with Crippen LogP contribution in [0.25, 0.3) is 10.6 Å². The minimum absolute atomic E-state index is 0.0818. The van der Waals surface area contributed by atoms with Gasteiger partial charge in [0, 0.05) is 23.2 Å². The average Bonchev–Trinajstić information content (AvgIpc) is 3.32. The number of rotatable bonds is 5. The largest absolute Gasteiger partial charge is 0.321 e. The molecule has 2 aromatic heterocycles. The number of aryl methyl sites for hydroxylation is 1. The summed E-state index contributed by atoms with van der Waals surface area (Å²) in [6.45, 7) is 5.18. The molecule has 4 nitrogen and oxygen atoms in total. The minimum Gasteiger partial charge on any atom is -0.321 e. The summed E-state index contributed by atoms with van der Waals surface area (Å²) in [5.74, 6) is -0.0818. The molecular weight excluding hydrogens is 374 g/mol. The number of amides is 1. The third-order valence-corrected chi connectivity index (χ3v) is 6.70. The zero-order valence-corrected chi connectivity index (χ0v) is 17.0. The van der Waals surface area contributed by atoms with E-state index in [9.17, 15) is 4.79 Å². The zero-order valence-electron chi connectivity index (χ0n) is 15.4. The molecule has 1 aliphatic heterocycles. The van der Waals surface area contributed by atoms with Gasteiger partial charge in [0.25, 0.3) is 5.91 Å². The number of nitrogens with zero attached hydrogens (tertiary/aromatic N) is 2. The number of benzene rings is 1. The lowest BCUT2D eigenvalue weighted by Crippen LogP contribution is -2.29. The maximum absolute atomic E-state index is 12.8. The summed E-state index contributed by atoms with van der Waals surface area (Å²) in [5, 5.41) is 8.04. The second-order valence-electron chi connectivity index (χ2n) is 6.94. The van der Waals surface area contributed by atoms with Crippen molar-refractivity contribution < 1.29 is 4.79 Å². The summed E-state index contributed by atoms with van der Waals surface area (Å²) in [6, 6.07) is 10.2. The van der Waals surface area contributed by atoms with Gasteiger partial charge in [0.05, 0.1) is 5.69 Å². The van der Waals surface area contributed by atoms with E-state index in [0.717, 1.165) is 28.5 Å². The van der Waals surface area contributed by atoms with Gasteiger partial charge in [-0.3, -0.25) is 9.69 Å². The van der Waals surface area contributed by atoms with Crippen molar-refractivity contribution in [2.45, 2.75) is 32.7 Å². The highest BCUT2D eigenvalue weighted by molar-refractivity contribution is 7.17. The van der Waals surface area contributed by atoms with Crippen LogP contribution in [0.4, 0.5) is 5.69 Å². The predicted molar refractivity (Wildman–Crippen MR) is 114 cm³/mol. The summed E-state index contributed by atoms with van der Waals surface area (Å²) in [6.07, 6.45) is 3.91. The second-order valence-corrected chi connectivity index (χ2v) is 8.72. The summed E-state index contributed by atoms with van der Waals surface area (Å²) >= 11 is 3.09. The zero-order chi connectivity index (χ0) is 18.6. The number of carbonyl (C=O) groups is 1. The van der Waals surface area contributed by atoms with Crippen LogP contribution in [0, 0.1) is 6.92 Å². The van der Waals surface area contributed by atoms with Gasteiger partial charge in [-0.05, 0) is 62.0 Å². The summed E-state index contributed by atoms with van der Waals surface area (Å²) in [5.41, 5.74) is 3.95. The molecule has 1 fully saturated rings. The Morgan fingerprint density at radius 1 is 1.22 bits per heavy atom. The molecule has 0 spiro atoms. The van der Waals surface area contributed by atoms with E-state index in [1.54, 1.807) is 11.3 Å². The molecule has 0 aliphatic carbocycles. The third-order valence-electron chi connectivity index (χ3n) is 4.81. The van der Waals surface area contributed by atoms with Gasteiger partial charge < -0.3 is 5.32 Å². The average molecular weight is 398 g/mol. The van der Waals surface area contributed by atoms with Crippen molar-refractivity contribution in [3.8, 4) is 10.6 Å². The van der Waals surface area contributed by atoms with E-state index in [1.165, 1.54) is 49.3 Å². The number of carbonyl (C=O) groups excluding carboxylic acids is 1. The lowest BCUT2D eigenvalue weighted by molar-refractivity contribution is 0.103. The standard InChI is InChI=1S/C21H23N3OS2/c1-15-19(27-21(22-15)17-8-11-26-14-17)20(25)23-18-7-5-6-16(12-18)13-24-9-3-2-4-10-24/h5-8,11-12,14H,2-4,9-10,13H2,1H3,(H,23,25). The molecule has 1 aromatic carbocycles. The molecule has 3 aromatic rings. The first-order chi connectivity index (χ1) is 13.2. The normalized spacial score (nSPS) is 15.0. The number of aromatic nitrogens is 1. The fraction of sp³-hybridized carbons (Fsp3) is 0.333. The molecule has 1 N–H and O–H groups in total. The summed E-state index contributed by atoms with van der Waals surface area (Å²) in [7, 11) is 0. The highest BCUT2D eigenvalue weighted by Gasteiger charge is 2.17. The quantitative estimate of drug-likeness (QED) is 0.625. The van der Waals surface area contributed by atoms with E-state index in [-0.39, 0.29) is 5.91 Å². The number of thiazole rings is 1. The lowest BCUT2D eigenvalue weighted by atomic mass is 10.1. The van der Waals surface area contributed by atoms with E-state index < -0.39 is 0 Å². The van der Waals surface area contributed by atoms with Gasteiger partial charge >= 0.3 is 0 Å². The van der Waals surface area contributed by atoms with E-state index in [1.807, 2.05) is 30.5 Å². The Bertz CT molecular complexity index is 911. The third kappa shape index (κ3) is 4.46. The number of thiophene rings is 1. The highest BCUT2D eigenvalue weighted by Crippen LogP contribution is 2.30. The molecule has 6 heteroatoms.